The molecule has 40 heavy (non-hydrogen) atoms. The number of benzene rings is 2. The minimum absolute atomic E-state index is 0.00347. The molecular formula is C26H23Cl2F2N3O7. The summed E-state index contributed by atoms with van der Waals surface area (Å²) < 4.78 is 42.4. The van der Waals surface area contributed by atoms with Gasteiger partial charge in [-0.25, -0.2) is 4.79 Å². The molecule has 2 aromatic carbocycles. The molecule has 1 heterocycles. The predicted octanol–water partition coefficient (Wildman–Crippen LogP) is 6.14. The van der Waals surface area contributed by atoms with E-state index in [1.165, 1.54) is 42.5 Å². The van der Waals surface area contributed by atoms with Crippen LogP contribution < -0.4 is 19.5 Å². The molecule has 1 amide bonds. The van der Waals surface area contributed by atoms with Gasteiger partial charge in [0.05, 0.1) is 11.5 Å². The molecule has 10 nitrogen and oxygen atoms in total. The van der Waals surface area contributed by atoms with Crippen LogP contribution in [0.15, 0.2) is 54.9 Å². The summed E-state index contributed by atoms with van der Waals surface area (Å²) in [4.78, 5) is 23.1. The lowest BCUT2D eigenvalue weighted by Crippen LogP contribution is -2.27. The largest absolute Gasteiger partial charge is 0.619 e. The number of halogens is 4. The van der Waals surface area contributed by atoms with Crippen molar-refractivity contribution in [1.82, 2.24) is 5.32 Å². The lowest BCUT2D eigenvalue weighted by molar-refractivity contribution is -0.605. The molecule has 1 aliphatic rings. The van der Waals surface area contributed by atoms with Crippen LogP contribution in [-0.4, -0.2) is 24.2 Å². The normalized spacial score (nSPS) is 13.5. The topological polar surface area (TPSA) is 127 Å². The molecule has 0 aliphatic heterocycles. The van der Waals surface area contributed by atoms with Crippen molar-refractivity contribution < 1.29 is 37.4 Å². The summed E-state index contributed by atoms with van der Waals surface area (Å²) >= 11 is 12.5. The Morgan fingerprint density at radius 1 is 1.10 bits per heavy atom. The molecule has 3 aromatic rings. The number of non-ortho nitro benzene ring substituents is 1. The third-order valence-electron chi connectivity index (χ3n) is 6.01. The zero-order valence-electron chi connectivity index (χ0n) is 20.7. The van der Waals surface area contributed by atoms with Crippen LogP contribution in [0.4, 0.5) is 19.3 Å². The molecule has 0 saturated heterocycles. The van der Waals surface area contributed by atoms with Crippen molar-refractivity contribution in [1.29, 1.82) is 0 Å². The zero-order valence-corrected chi connectivity index (χ0v) is 22.2. The SMILES string of the molecule is O=C(NCc1ccc([N+](=O)[O-])cc1)OC(Cc1c(Cl)c[n+]([O-])cc1Cl)c1ccc(OC(F)F)c(OCC2CC2)c1. The zero-order chi connectivity index (χ0) is 28.8. The number of hydrogen-bond acceptors (Lipinski definition) is 7. The van der Waals surface area contributed by atoms with E-state index in [1.54, 1.807) is 0 Å². The fourth-order valence-corrected chi connectivity index (χ4v) is 4.34. The van der Waals surface area contributed by atoms with Crippen LogP contribution in [0.25, 0.3) is 0 Å². The number of nitrogens with zero attached hydrogens (tertiary/aromatic N) is 2. The van der Waals surface area contributed by atoms with Crippen LogP contribution in [0.3, 0.4) is 0 Å². The van der Waals surface area contributed by atoms with Gasteiger partial charge in [0, 0.05) is 30.7 Å². The smallest absolute Gasteiger partial charge is 0.408 e. The van der Waals surface area contributed by atoms with Crippen molar-refractivity contribution in [3.05, 3.63) is 96.9 Å². The highest BCUT2D eigenvalue weighted by Gasteiger charge is 2.26. The second kappa shape index (κ2) is 13.0. The fraction of sp³-hybridized carbons (Fsp3) is 0.308. The Bertz CT molecular complexity index is 1350. The molecule has 14 heteroatoms. The number of nitro benzene ring substituents is 1. The average molecular weight is 598 g/mol. The van der Waals surface area contributed by atoms with Crippen molar-refractivity contribution >= 4 is 35.0 Å². The van der Waals surface area contributed by atoms with Gasteiger partial charge in [-0.15, -0.1) is 0 Å². The van der Waals surface area contributed by atoms with Gasteiger partial charge in [0.2, 0.25) is 0 Å². The Kier molecular flexibility index (Phi) is 9.43. The highest BCUT2D eigenvalue weighted by molar-refractivity contribution is 6.35. The van der Waals surface area contributed by atoms with E-state index in [2.05, 4.69) is 10.1 Å². The molecule has 1 saturated carbocycles. The Labute approximate surface area is 237 Å². The first-order chi connectivity index (χ1) is 19.1. The number of ether oxygens (including phenoxy) is 3. The number of hydrogen-bond donors (Lipinski definition) is 1. The monoisotopic (exact) mass is 597 g/mol. The molecule has 1 N–H and O–H groups in total. The van der Waals surface area contributed by atoms with E-state index in [-0.39, 0.29) is 40.2 Å². The fourth-order valence-electron chi connectivity index (χ4n) is 3.74. The number of rotatable bonds is 12. The number of pyridine rings is 1. The van der Waals surface area contributed by atoms with Crippen molar-refractivity contribution in [2.75, 3.05) is 6.61 Å². The molecule has 1 aromatic heterocycles. The summed E-state index contributed by atoms with van der Waals surface area (Å²) in [6, 6.07) is 9.75. The summed E-state index contributed by atoms with van der Waals surface area (Å²) in [5.41, 5.74) is 1.17. The predicted molar refractivity (Wildman–Crippen MR) is 140 cm³/mol. The van der Waals surface area contributed by atoms with E-state index in [4.69, 9.17) is 32.7 Å². The van der Waals surface area contributed by atoms with Crippen LogP contribution in [0.1, 0.15) is 35.6 Å². The molecule has 0 radical (unpaired) electrons. The summed E-state index contributed by atoms with van der Waals surface area (Å²) in [6.07, 6.45) is 2.17. The average Bonchev–Trinajstić information content (AvgIpc) is 3.73. The number of nitro groups is 1. The minimum atomic E-state index is -3.08. The van der Waals surface area contributed by atoms with E-state index in [9.17, 15) is 28.9 Å². The van der Waals surface area contributed by atoms with Crippen molar-refractivity contribution in [3.63, 3.8) is 0 Å². The van der Waals surface area contributed by atoms with Gasteiger partial charge in [0.25, 0.3) is 5.69 Å². The Hall–Kier alpha value is -3.90. The van der Waals surface area contributed by atoms with Crippen LogP contribution in [0.5, 0.6) is 11.5 Å². The number of aromatic nitrogens is 1. The third kappa shape index (κ3) is 8.06. The first-order valence-electron chi connectivity index (χ1n) is 12.0. The van der Waals surface area contributed by atoms with E-state index < -0.39 is 23.7 Å². The van der Waals surface area contributed by atoms with Crippen LogP contribution in [0.2, 0.25) is 10.0 Å². The number of amides is 1. The van der Waals surface area contributed by atoms with E-state index in [1.807, 2.05) is 0 Å². The van der Waals surface area contributed by atoms with Gasteiger partial charge in [-0.2, -0.15) is 13.5 Å². The molecule has 212 valence electrons. The first-order valence-corrected chi connectivity index (χ1v) is 12.8. The third-order valence-corrected chi connectivity index (χ3v) is 6.66. The van der Waals surface area contributed by atoms with Gasteiger partial charge >= 0.3 is 12.7 Å². The molecular weight excluding hydrogens is 575 g/mol. The number of carbonyl (C=O) groups is 1. The van der Waals surface area contributed by atoms with E-state index >= 15 is 0 Å². The molecule has 1 unspecified atom stereocenters. The second-order valence-corrected chi connectivity index (χ2v) is 9.82. The molecule has 0 spiro atoms. The lowest BCUT2D eigenvalue weighted by Gasteiger charge is -2.21. The van der Waals surface area contributed by atoms with E-state index in [0.717, 1.165) is 25.2 Å². The standard InChI is InChI=1S/C26H23Cl2F2N3O7/c27-20-12-32(35)13-21(28)19(20)10-23(40-26(34)31-11-15-3-6-18(7-4-15)33(36)37)17-5-8-22(39-25(29)30)24(9-17)38-14-16-1-2-16/h3-9,12-13,16,23,25H,1-2,10-11,14H2,(H,31,34). The number of alkyl carbamates (subject to hydrolysis) is 1. The van der Waals surface area contributed by atoms with Crippen LogP contribution in [-0.2, 0) is 17.7 Å². The molecule has 1 atom stereocenters. The maximum Gasteiger partial charge on any atom is 0.408 e. The van der Waals surface area contributed by atoms with E-state index in [0.29, 0.717) is 33.9 Å². The number of carbonyl (C=O) groups excluding carboxylic acids is 1. The molecule has 1 aliphatic carbocycles. The van der Waals surface area contributed by atoms with Gasteiger partial charge in [0.15, 0.2) is 23.9 Å². The van der Waals surface area contributed by atoms with Gasteiger partial charge in [-0.3, -0.25) is 10.1 Å². The van der Waals surface area contributed by atoms with Crippen molar-refractivity contribution in [3.8, 4) is 11.5 Å². The Morgan fingerprint density at radius 3 is 2.38 bits per heavy atom. The Morgan fingerprint density at radius 2 is 1.77 bits per heavy atom. The summed E-state index contributed by atoms with van der Waals surface area (Å²) in [7, 11) is 0. The quantitative estimate of drug-likeness (QED) is 0.115. The maximum absolute atomic E-state index is 13.0. The summed E-state index contributed by atoms with van der Waals surface area (Å²) in [6.45, 7) is -2.76. The van der Waals surface area contributed by atoms with Gasteiger partial charge in [-0.1, -0.05) is 41.4 Å². The highest BCUT2D eigenvalue weighted by atomic mass is 35.5. The molecule has 4 rings (SSSR count). The number of nitrogens with one attached hydrogen (secondary N) is 1. The first kappa shape index (κ1) is 29.1. The van der Waals surface area contributed by atoms with Crippen LogP contribution >= 0.6 is 23.2 Å². The summed E-state index contributed by atoms with van der Waals surface area (Å²) in [5.74, 6) is 0.192. The lowest BCUT2D eigenvalue weighted by atomic mass is 10.0. The maximum atomic E-state index is 13.0. The van der Waals surface area contributed by atoms with Gasteiger partial charge in [-0.05, 0) is 42.0 Å². The van der Waals surface area contributed by atoms with Crippen LogP contribution in [0, 0.1) is 21.2 Å². The van der Waals surface area contributed by atoms with Gasteiger partial charge in [0.1, 0.15) is 16.1 Å². The highest BCUT2D eigenvalue weighted by Crippen LogP contribution is 2.37. The molecule has 1 fully saturated rings. The minimum Gasteiger partial charge on any atom is -0.619 e. The second-order valence-electron chi connectivity index (χ2n) is 9.01. The van der Waals surface area contributed by atoms with Crippen molar-refractivity contribution in [2.24, 2.45) is 5.92 Å². The Balaban J connectivity index is 1.57. The van der Waals surface area contributed by atoms with Crippen molar-refractivity contribution in [2.45, 2.75) is 38.5 Å². The summed E-state index contributed by atoms with van der Waals surface area (Å²) in [5, 5.41) is 25.2. The molecule has 0 bridgehead atoms. The number of alkyl halides is 2. The van der Waals surface area contributed by atoms with Gasteiger partial charge < -0.3 is 24.7 Å².